The second kappa shape index (κ2) is 5.13. The Morgan fingerprint density at radius 1 is 1.43 bits per heavy atom. The highest BCUT2D eigenvalue weighted by Gasteiger charge is 2.58. The molecule has 0 radical (unpaired) electrons. The first-order valence-electron chi connectivity index (χ1n) is 7.26. The molecule has 2 rings (SSSR count). The Balaban J connectivity index is 2.31. The van der Waals surface area contributed by atoms with E-state index < -0.39 is 17.6 Å². The molecular weight excluding hydrogens is 272 g/mol. The van der Waals surface area contributed by atoms with Gasteiger partial charge in [0.2, 0.25) is 0 Å². The van der Waals surface area contributed by atoms with Gasteiger partial charge in [-0.05, 0) is 20.8 Å². The Morgan fingerprint density at radius 3 is 2.57 bits per heavy atom. The Kier molecular flexibility index (Phi) is 3.91. The molecule has 0 aromatic rings. The number of carbonyl (C=O) groups is 2. The molecule has 5 nitrogen and oxygen atoms in total. The van der Waals surface area contributed by atoms with E-state index in [4.69, 9.17) is 14.2 Å². The second-order valence-electron chi connectivity index (χ2n) is 7.18. The van der Waals surface area contributed by atoms with Crippen molar-refractivity contribution in [2.75, 3.05) is 0 Å². The largest absolute Gasteiger partial charge is 0.458 e. The van der Waals surface area contributed by atoms with Crippen molar-refractivity contribution in [2.45, 2.75) is 71.4 Å². The van der Waals surface area contributed by atoms with E-state index in [1.807, 2.05) is 27.7 Å². The Bertz CT molecular complexity index is 476. The topological polar surface area (TPSA) is 61.8 Å². The highest BCUT2D eigenvalue weighted by Crippen LogP contribution is 2.50. The lowest BCUT2D eigenvalue weighted by Crippen LogP contribution is -2.53. The van der Waals surface area contributed by atoms with Gasteiger partial charge in [0.15, 0.2) is 0 Å². The van der Waals surface area contributed by atoms with Crippen LogP contribution in [0.25, 0.3) is 0 Å². The van der Waals surface area contributed by atoms with Gasteiger partial charge >= 0.3 is 11.9 Å². The van der Waals surface area contributed by atoms with Crippen LogP contribution in [0, 0.1) is 5.41 Å². The van der Waals surface area contributed by atoms with E-state index >= 15 is 0 Å². The minimum absolute atomic E-state index is 0.233. The molecule has 1 aliphatic carbocycles. The first-order valence-corrected chi connectivity index (χ1v) is 7.26. The molecule has 21 heavy (non-hydrogen) atoms. The number of hydrogen-bond acceptors (Lipinski definition) is 5. The van der Waals surface area contributed by atoms with Crippen molar-refractivity contribution < 1.29 is 23.8 Å². The third kappa shape index (κ3) is 3.12. The molecule has 2 aliphatic rings. The minimum Gasteiger partial charge on any atom is -0.458 e. The molecule has 4 atom stereocenters. The summed E-state index contributed by atoms with van der Waals surface area (Å²) >= 11 is 0. The summed E-state index contributed by atoms with van der Waals surface area (Å²) < 4.78 is 16.9. The molecule has 1 aliphatic heterocycles. The van der Waals surface area contributed by atoms with Gasteiger partial charge < -0.3 is 14.2 Å². The molecule has 5 heteroatoms. The minimum atomic E-state index is -0.473. The van der Waals surface area contributed by atoms with Gasteiger partial charge in [-0.2, -0.15) is 0 Å². The molecule has 1 heterocycles. The maximum absolute atomic E-state index is 11.8. The lowest BCUT2D eigenvalue weighted by Gasteiger charge is -2.46. The monoisotopic (exact) mass is 296 g/mol. The summed E-state index contributed by atoms with van der Waals surface area (Å²) in [4.78, 5) is 23.0. The SMILES string of the molecule is C=C1[C@@H](OC(C)=O)C[C@H](OC(C)(C)C)[C@@]2(C)CC(=O)O[C@@H]12. The maximum atomic E-state index is 11.8. The molecule has 1 saturated heterocycles. The number of rotatable bonds is 2. The number of fused-ring (bicyclic) bond motifs is 1. The predicted octanol–water partition coefficient (Wildman–Crippen LogP) is 2.38. The van der Waals surface area contributed by atoms with E-state index in [1.165, 1.54) is 6.92 Å². The summed E-state index contributed by atoms with van der Waals surface area (Å²) in [5, 5.41) is 0. The number of esters is 2. The van der Waals surface area contributed by atoms with E-state index in [0.29, 0.717) is 18.4 Å². The highest BCUT2D eigenvalue weighted by atomic mass is 16.6. The third-order valence-electron chi connectivity index (χ3n) is 4.09. The molecule has 118 valence electrons. The highest BCUT2D eigenvalue weighted by molar-refractivity contribution is 5.74. The lowest BCUT2D eigenvalue weighted by atomic mass is 9.67. The van der Waals surface area contributed by atoms with Crippen molar-refractivity contribution in [1.82, 2.24) is 0 Å². The average molecular weight is 296 g/mol. The summed E-state index contributed by atoms with van der Waals surface area (Å²) in [7, 11) is 0. The molecule has 0 aromatic carbocycles. The molecule has 0 amide bonds. The van der Waals surface area contributed by atoms with E-state index in [1.54, 1.807) is 0 Å². The number of hydrogen-bond donors (Lipinski definition) is 0. The molecular formula is C16H24O5. The smallest absolute Gasteiger partial charge is 0.307 e. The fraction of sp³-hybridized carbons (Fsp3) is 0.750. The van der Waals surface area contributed by atoms with Gasteiger partial charge in [-0.1, -0.05) is 13.5 Å². The lowest BCUT2D eigenvalue weighted by molar-refractivity contribution is -0.169. The van der Waals surface area contributed by atoms with Crippen LogP contribution in [0.15, 0.2) is 12.2 Å². The van der Waals surface area contributed by atoms with E-state index in [-0.39, 0.29) is 23.6 Å². The van der Waals surface area contributed by atoms with Crippen LogP contribution >= 0.6 is 0 Å². The molecule has 2 fully saturated rings. The fourth-order valence-electron chi connectivity index (χ4n) is 3.21. The zero-order chi connectivity index (χ0) is 16.0. The van der Waals surface area contributed by atoms with E-state index in [9.17, 15) is 9.59 Å². The summed E-state index contributed by atoms with van der Waals surface area (Å²) in [5.74, 6) is -0.627. The van der Waals surface area contributed by atoms with Gasteiger partial charge in [0, 0.05) is 24.3 Å². The van der Waals surface area contributed by atoms with Crippen LogP contribution < -0.4 is 0 Å². The van der Waals surface area contributed by atoms with Crippen LogP contribution in [0.2, 0.25) is 0 Å². The van der Waals surface area contributed by atoms with Gasteiger partial charge in [-0.15, -0.1) is 0 Å². The average Bonchev–Trinajstić information content (AvgIpc) is 2.60. The summed E-state index contributed by atoms with van der Waals surface area (Å²) in [6.07, 6.45) is -0.373. The predicted molar refractivity (Wildman–Crippen MR) is 76.5 cm³/mol. The standard InChI is InChI=1S/C16H24O5/c1-9-11(19-10(2)17)7-12(21-15(3,4)5)16(6)8-13(18)20-14(9)16/h11-12,14H,1,7-8H2,2-6H3/t11-,12-,14-,16+/m0/s1. The van der Waals surface area contributed by atoms with Crippen LogP contribution in [-0.4, -0.2) is 35.9 Å². The van der Waals surface area contributed by atoms with Crippen LogP contribution in [0.5, 0.6) is 0 Å². The normalized spacial score (nSPS) is 36.1. The molecule has 0 bridgehead atoms. The van der Waals surface area contributed by atoms with Gasteiger partial charge in [0.1, 0.15) is 12.2 Å². The first-order chi connectivity index (χ1) is 9.53. The molecule has 0 N–H and O–H groups in total. The molecule has 0 spiro atoms. The molecule has 0 aromatic heterocycles. The fourth-order valence-corrected chi connectivity index (χ4v) is 3.21. The van der Waals surface area contributed by atoms with Crippen molar-refractivity contribution in [3.8, 4) is 0 Å². The third-order valence-corrected chi connectivity index (χ3v) is 4.09. The van der Waals surface area contributed by atoms with E-state index in [0.717, 1.165) is 0 Å². The Morgan fingerprint density at radius 2 is 2.05 bits per heavy atom. The van der Waals surface area contributed by atoms with Gasteiger partial charge in [-0.25, -0.2) is 0 Å². The maximum Gasteiger partial charge on any atom is 0.307 e. The Labute approximate surface area is 125 Å². The molecule has 0 unspecified atom stereocenters. The van der Waals surface area contributed by atoms with Crippen LogP contribution in [-0.2, 0) is 23.8 Å². The van der Waals surface area contributed by atoms with Gasteiger partial charge in [0.05, 0.1) is 18.1 Å². The first kappa shape index (κ1) is 16.0. The van der Waals surface area contributed by atoms with Crippen molar-refractivity contribution in [3.05, 3.63) is 12.2 Å². The second-order valence-corrected chi connectivity index (χ2v) is 7.18. The summed E-state index contributed by atoms with van der Waals surface area (Å²) in [6, 6.07) is 0. The zero-order valence-corrected chi connectivity index (χ0v) is 13.4. The van der Waals surface area contributed by atoms with Gasteiger partial charge in [-0.3, -0.25) is 9.59 Å². The van der Waals surface area contributed by atoms with Gasteiger partial charge in [0.25, 0.3) is 0 Å². The van der Waals surface area contributed by atoms with Crippen molar-refractivity contribution in [1.29, 1.82) is 0 Å². The molecule has 1 saturated carbocycles. The van der Waals surface area contributed by atoms with Crippen LogP contribution in [0.1, 0.15) is 47.5 Å². The summed E-state index contributed by atoms with van der Waals surface area (Å²) in [6.45, 7) is 13.2. The van der Waals surface area contributed by atoms with Crippen molar-refractivity contribution >= 4 is 11.9 Å². The van der Waals surface area contributed by atoms with E-state index in [2.05, 4.69) is 6.58 Å². The quantitative estimate of drug-likeness (QED) is 0.578. The zero-order valence-electron chi connectivity index (χ0n) is 13.4. The van der Waals surface area contributed by atoms with Crippen molar-refractivity contribution in [2.24, 2.45) is 5.41 Å². The Hall–Kier alpha value is -1.36. The van der Waals surface area contributed by atoms with Crippen LogP contribution in [0.4, 0.5) is 0 Å². The number of ether oxygens (including phenoxy) is 3. The number of carbonyl (C=O) groups excluding carboxylic acids is 2. The van der Waals surface area contributed by atoms with Crippen LogP contribution in [0.3, 0.4) is 0 Å². The summed E-state index contributed by atoms with van der Waals surface area (Å²) in [5.41, 5.74) is -0.172. The van der Waals surface area contributed by atoms with Crippen molar-refractivity contribution in [3.63, 3.8) is 0 Å².